The zero-order valence-corrected chi connectivity index (χ0v) is 23.7. The second-order valence-electron chi connectivity index (χ2n) is 7.59. The first-order chi connectivity index (χ1) is 17.5. The minimum atomic E-state index is -4.31. The zero-order chi connectivity index (χ0) is 26.9. The maximum Gasteiger partial charge on any atom is 0.326 e. The van der Waals surface area contributed by atoms with Crippen molar-refractivity contribution in [2.75, 3.05) is 4.72 Å². The number of aliphatic carboxylic acids is 1. The number of amides is 1. The number of carboxylic acids is 1. The van der Waals surface area contributed by atoms with Gasteiger partial charge in [-0.1, -0.05) is 40.9 Å². The van der Waals surface area contributed by atoms with Crippen molar-refractivity contribution in [3.05, 3.63) is 79.5 Å². The lowest BCUT2D eigenvalue weighted by molar-refractivity contribution is -0.139. The molecule has 0 spiro atoms. The number of nitrogens with one attached hydrogen (secondary N) is 2. The Morgan fingerprint density at radius 1 is 1.08 bits per heavy atom. The first-order valence-electron chi connectivity index (χ1n) is 10.1. The summed E-state index contributed by atoms with van der Waals surface area (Å²) in [6.45, 7) is 0. The summed E-state index contributed by atoms with van der Waals surface area (Å²) in [5.41, 5.74) is 0.131. The normalized spacial score (nSPS) is 12.3. The van der Waals surface area contributed by atoms with E-state index in [4.69, 9.17) is 34.8 Å². The number of benzene rings is 2. The van der Waals surface area contributed by atoms with Gasteiger partial charge < -0.3 is 10.4 Å². The van der Waals surface area contributed by atoms with Crippen LogP contribution in [0.5, 0.6) is 0 Å². The van der Waals surface area contributed by atoms with E-state index in [0.29, 0.717) is 25.1 Å². The SMILES string of the molecule is O=C(N[C@@H](Cc1ccc(Cl)c(Br)c1)C(=O)O)c1cc(Cl)c(Cl)cc1NS(=O)(=O)c1nccc2sncc12. The Morgan fingerprint density at radius 2 is 1.81 bits per heavy atom. The summed E-state index contributed by atoms with van der Waals surface area (Å²) in [5.74, 6) is -2.19. The Kier molecular flexibility index (Phi) is 8.26. The van der Waals surface area contributed by atoms with E-state index in [9.17, 15) is 23.1 Å². The van der Waals surface area contributed by atoms with E-state index in [-0.39, 0.29) is 32.7 Å². The molecule has 4 aromatic rings. The largest absolute Gasteiger partial charge is 0.480 e. The average molecular weight is 665 g/mol. The Bertz CT molecular complexity index is 1650. The number of hydrogen-bond acceptors (Lipinski definition) is 7. The molecule has 1 atom stereocenters. The first-order valence-corrected chi connectivity index (χ1v) is 14.3. The van der Waals surface area contributed by atoms with Crippen LogP contribution < -0.4 is 10.0 Å². The molecule has 0 bridgehead atoms. The third-order valence-corrected chi connectivity index (χ3v) is 9.10. The number of nitrogens with zero attached hydrogens (tertiary/aromatic N) is 2. The van der Waals surface area contributed by atoms with Crippen LogP contribution in [0.25, 0.3) is 10.1 Å². The molecule has 9 nitrogen and oxygen atoms in total. The van der Waals surface area contributed by atoms with Crippen molar-refractivity contribution in [1.29, 1.82) is 0 Å². The number of hydrogen-bond donors (Lipinski definition) is 3. The van der Waals surface area contributed by atoms with Crippen LogP contribution in [-0.4, -0.2) is 40.8 Å². The van der Waals surface area contributed by atoms with Gasteiger partial charge in [0.25, 0.3) is 15.9 Å². The Labute approximate surface area is 238 Å². The zero-order valence-electron chi connectivity index (χ0n) is 18.2. The van der Waals surface area contributed by atoms with Crippen LogP contribution in [0.1, 0.15) is 15.9 Å². The van der Waals surface area contributed by atoms with E-state index in [0.717, 1.165) is 23.7 Å². The smallest absolute Gasteiger partial charge is 0.326 e. The lowest BCUT2D eigenvalue weighted by atomic mass is 10.1. The van der Waals surface area contributed by atoms with Gasteiger partial charge in [-0.05, 0) is 63.4 Å². The molecular weight excluding hydrogens is 651 g/mol. The number of aromatic nitrogens is 2. The Hall–Kier alpha value is -2.48. The Morgan fingerprint density at radius 3 is 2.51 bits per heavy atom. The highest BCUT2D eigenvalue weighted by atomic mass is 79.9. The molecule has 3 N–H and O–H groups in total. The van der Waals surface area contributed by atoms with Crippen LogP contribution in [0.4, 0.5) is 5.69 Å². The second kappa shape index (κ2) is 11.1. The molecule has 0 aliphatic heterocycles. The lowest BCUT2D eigenvalue weighted by Gasteiger charge is -2.18. The summed E-state index contributed by atoms with van der Waals surface area (Å²) < 4.78 is 33.9. The van der Waals surface area contributed by atoms with Crippen molar-refractivity contribution < 1.29 is 23.1 Å². The van der Waals surface area contributed by atoms with E-state index >= 15 is 0 Å². The van der Waals surface area contributed by atoms with Crippen LogP contribution in [0.3, 0.4) is 0 Å². The van der Waals surface area contributed by atoms with E-state index in [1.54, 1.807) is 24.3 Å². The number of carbonyl (C=O) groups excluding carboxylic acids is 1. The van der Waals surface area contributed by atoms with Crippen molar-refractivity contribution in [3.63, 3.8) is 0 Å². The summed E-state index contributed by atoms with van der Waals surface area (Å²) >= 11 is 22.6. The maximum atomic E-state index is 13.2. The van der Waals surface area contributed by atoms with Crippen LogP contribution in [0.2, 0.25) is 15.1 Å². The maximum absolute atomic E-state index is 13.2. The van der Waals surface area contributed by atoms with Crippen molar-refractivity contribution in [3.8, 4) is 0 Å². The molecule has 2 heterocycles. The van der Waals surface area contributed by atoms with Gasteiger partial charge in [0.1, 0.15) is 6.04 Å². The first kappa shape index (κ1) is 27.6. The van der Waals surface area contributed by atoms with Crippen molar-refractivity contribution in [2.45, 2.75) is 17.5 Å². The summed E-state index contributed by atoms with van der Waals surface area (Å²) in [6, 6.07) is 7.42. The standard InChI is InChI=1S/C22H14BrCl3N4O5S2/c23-13-5-10(1-2-14(13)24)6-18(22(32)33)29-20(31)11-7-15(25)16(26)8-17(11)30-37(34,35)21-12-9-28-36-19(12)3-4-27-21/h1-5,7-9,18,30H,6H2,(H,29,31)(H,32,33)/t18-/m0/s1. The summed E-state index contributed by atoms with van der Waals surface area (Å²) in [4.78, 5) is 29.1. The van der Waals surface area contributed by atoms with Gasteiger partial charge in [-0.25, -0.2) is 9.78 Å². The summed E-state index contributed by atoms with van der Waals surface area (Å²) in [6.07, 6.45) is 2.62. The van der Waals surface area contributed by atoms with Crippen LogP contribution in [0, 0.1) is 0 Å². The topological polar surface area (TPSA) is 138 Å². The number of sulfonamides is 1. The highest BCUT2D eigenvalue weighted by molar-refractivity contribution is 9.10. The number of anilines is 1. The lowest BCUT2D eigenvalue weighted by Crippen LogP contribution is -2.42. The van der Waals surface area contributed by atoms with E-state index < -0.39 is 27.9 Å². The molecule has 192 valence electrons. The van der Waals surface area contributed by atoms with Crippen molar-refractivity contribution >= 4 is 99.9 Å². The minimum absolute atomic E-state index is 0.0277. The van der Waals surface area contributed by atoms with E-state index in [1.807, 2.05) is 0 Å². The van der Waals surface area contributed by atoms with Crippen LogP contribution in [0.15, 0.2) is 58.3 Å². The summed E-state index contributed by atoms with van der Waals surface area (Å²) in [7, 11) is -4.31. The van der Waals surface area contributed by atoms with E-state index in [2.05, 4.69) is 35.3 Å². The number of halogens is 4. The third-order valence-electron chi connectivity index (χ3n) is 5.08. The van der Waals surface area contributed by atoms with Gasteiger partial charge in [-0.15, -0.1) is 0 Å². The monoisotopic (exact) mass is 662 g/mol. The second-order valence-corrected chi connectivity index (χ2v) is 12.1. The molecule has 1 amide bonds. The number of carboxylic acid groups (broad SMARTS) is 1. The molecule has 2 aromatic heterocycles. The molecule has 0 aliphatic rings. The predicted octanol–water partition coefficient (Wildman–Crippen LogP) is 5.64. The molecule has 15 heteroatoms. The summed E-state index contributed by atoms with van der Waals surface area (Å²) in [5, 5.41) is 12.5. The molecular formula is C22H14BrCl3N4O5S2. The molecule has 0 saturated carbocycles. The highest BCUT2D eigenvalue weighted by Gasteiger charge is 2.27. The molecule has 2 aromatic carbocycles. The number of carbonyl (C=O) groups is 2. The van der Waals surface area contributed by atoms with Gasteiger partial charge in [0.2, 0.25) is 0 Å². The fraction of sp³-hybridized carbons (Fsp3) is 0.0909. The van der Waals surface area contributed by atoms with Gasteiger partial charge in [-0.3, -0.25) is 9.52 Å². The quantitative estimate of drug-likeness (QED) is 0.222. The average Bonchev–Trinajstić information content (AvgIpc) is 3.31. The van der Waals surface area contributed by atoms with Crippen LogP contribution >= 0.6 is 62.3 Å². The molecule has 0 radical (unpaired) electrons. The van der Waals surface area contributed by atoms with Gasteiger partial charge in [-0.2, -0.15) is 12.8 Å². The van der Waals surface area contributed by atoms with Crippen LogP contribution in [-0.2, 0) is 21.2 Å². The van der Waals surface area contributed by atoms with Gasteiger partial charge in [0.15, 0.2) is 5.03 Å². The Balaban J connectivity index is 1.66. The van der Waals surface area contributed by atoms with Crippen molar-refractivity contribution in [1.82, 2.24) is 14.7 Å². The third kappa shape index (κ3) is 6.16. The minimum Gasteiger partial charge on any atom is -0.480 e. The van der Waals surface area contributed by atoms with Gasteiger partial charge in [0, 0.05) is 17.1 Å². The molecule has 0 saturated heterocycles. The number of pyridine rings is 1. The van der Waals surface area contributed by atoms with Gasteiger partial charge in [0.05, 0.1) is 42.6 Å². The molecule has 4 rings (SSSR count). The van der Waals surface area contributed by atoms with E-state index in [1.165, 1.54) is 12.4 Å². The predicted molar refractivity (Wildman–Crippen MR) is 146 cm³/mol. The number of rotatable bonds is 8. The molecule has 0 fully saturated rings. The fourth-order valence-electron chi connectivity index (χ4n) is 3.34. The number of fused-ring (bicyclic) bond motifs is 1. The molecule has 0 unspecified atom stereocenters. The fourth-order valence-corrected chi connectivity index (χ4v) is 6.12. The van der Waals surface area contributed by atoms with Gasteiger partial charge >= 0.3 is 5.97 Å². The highest BCUT2D eigenvalue weighted by Crippen LogP contribution is 2.32. The van der Waals surface area contributed by atoms with Crippen molar-refractivity contribution in [2.24, 2.45) is 0 Å². The molecule has 0 aliphatic carbocycles. The molecule has 37 heavy (non-hydrogen) atoms.